The maximum absolute atomic E-state index is 11.7. The minimum absolute atomic E-state index is 0.858. The predicted molar refractivity (Wildman–Crippen MR) is 42.8 cm³/mol. The van der Waals surface area contributed by atoms with Crippen molar-refractivity contribution in [2.75, 3.05) is 19.8 Å². The number of hydrogen-bond donors (Lipinski definition) is 4. The van der Waals surface area contributed by atoms with Gasteiger partial charge in [0.25, 0.3) is 0 Å². The number of nitrogens with one attached hydrogen (secondary N) is 1. The van der Waals surface area contributed by atoms with E-state index < -0.39 is 43.9 Å². The van der Waals surface area contributed by atoms with Crippen LogP contribution in [0.25, 0.3) is 0 Å². The van der Waals surface area contributed by atoms with E-state index in [9.17, 15) is 18.0 Å². The van der Waals surface area contributed by atoms with Crippen LogP contribution in [0, 0.1) is 0 Å². The molecule has 0 aromatic carbocycles. The van der Waals surface area contributed by atoms with Crippen molar-refractivity contribution >= 4 is 5.91 Å². The summed E-state index contributed by atoms with van der Waals surface area (Å²) < 4.78 is 35.2. The number of rotatable bonds is 5. The molecule has 0 saturated heterocycles. The Morgan fingerprint density at radius 3 is 1.73 bits per heavy atom. The first-order valence-electron chi connectivity index (χ1n) is 3.99. The molecule has 4 N–H and O–H groups in total. The summed E-state index contributed by atoms with van der Waals surface area (Å²) in [5, 5.41) is 27.9. The van der Waals surface area contributed by atoms with Crippen LogP contribution in [0.1, 0.15) is 6.42 Å². The zero-order chi connectivity index (χ0) is 12.1. The summed E-state index contributed by atoms with van der Waals surface area (Å²) in [4.78, 5) is 10.8. The van der Waals surface area contributed by atoms with Gasteiger partial charge >= 0.3 is 6.18 Å². The molecule has 0 aliphatic heterocycles. The lowest BCUT2D eigenvalue weighted by atomic mass is 10.0. The molecule has 0 aliphatic carbocycles. The quantitative estimate of drug-likeness (QED) is 0.477. The molecule has 15 heavy (non-hydrogen) atoms. The van der Waals surface area contributed by atoms with Gasteiger partial charge in [0, 0.05) is 0 Å². The second-order valence-corrected chi connectivity index (χ2v) is 3.09. The van der Waals surface area contributed by atoms with E-state index in [-0.39, 0.29) is 0 Å². The highest BCUT2D eigenvalue weighted by atomic mass is 19.4. The molecule has 0 aromatic rings. The number of carbonyl (C=O) groups excluding carboxylic acids is 1. The molecule has 0 rings (SSSR count). The van der Waals surface area contributed by atoms with E-state index in [2.05, 4.69) is 0 Å². The Morgan fingerprint density at radius 1 is 1.07 bits per heavy atom. The third-order valence-corrected chi connectivity index (χ3v) is 1.67. The van der Waals surface area contributed by atoms with Crippen molar-refractivity contribution in [3.63, 3.8) is 0 Å². The first kappa shape index (κ1) is 14.1. The topological polar surface area (TPSA) is 89.8 Å². The Morgan fingerprint density at radius 2 is 1.47 bits per heavy atom. The molecule has 0 aliphatic rings. The molecule has 8 heteroatoms. The SMILES string of the molecule is O=C(CC(F)(F)F)NC(CO)(CO)CO. The number of amides is 1. The van der Waals surface area contributed by atoms with Crippen LogP contribution in [-0.4, -0.2) is 52.8 Å². The first-order chi connectivity index (χ1) is 6.78. The molecule has 0 unspecified atom stereocenters. The molecule has 1 amide bonds. The van der Waals surface area contributed by atoms with Gasteiger partial charge in [-0.25, -0.2) is 0 Å². The van der Waals surface area contributed by atoms with Crippen LogP contribution in [0.3, 0.4) is 0 Å². The molecule has 0 atom stereocenters. The Kier molecular flexibility index (Phi) is 4.98. The molecule has 0 radical (unpaired) electrons. The highest BCUT2D eigenvalue weighted by Crippen LogP contribution is 2.19. The van der Waals surface area contributed by atoms with Crippen molar-refractivity contribution < 1.29 is 33.3 Å². The highest BCUT2D eigenvalue weighted by Gasteiger charge is 2.36. The maximum atomic E-state index is 11.7. The third-order valence-electron chi connectivity index (χ3n) is 1.67. The van der Waals surface area contributed by atoms with E-state index in [0.29, 0.717) is 0 Å². The molecule has 0 bridgehead atoms. The van der Waals surface area contributed by atoms with Crippen LogP contribution in [-0.2, 0) is 4.79 Å². The van der Waals surface area contributed by atoms with Gasteiger partial charge in [-0.15, -0.1) is 0 Å². The number of aliphatic hydroxyl groups excluding tert-OH is 3. The minimum atomic E-state index is -4.67. The van der Waals surface area contributed by atoms with Crippen molar-refractivity contribution in [2.45, 2.75) is 18.1 Å². The van der Waals surface area contributed by atoms with Gasteiger partial charge in [-0.05, 0) is 0 Å². The monoisotopic (exact) mass is 231 g/mol. The number of halogens is 3. The molecule has 0 spiro atoms. The van der Waals surface area contributed by atoms with Gasteiger partial charge in [0.2, 0.25) is 5.91 Å². The Hall–Kier alpha value is -0.860. The second-order valence-electron chi connectivity index (χ2n) is 3.09. The Bertz CT molecular complexity index is 207. The van der Waals surface area contributed by atoms with Crippen molar-refractivity contribution in [3.8, 4) is 0 Å². The van der Waals surface area contributed by atoms with Crippen molar-refractivity contribution in [3.05, 3.63) is 0 Å². The van der Waals surface area contributed by atoms with Crippen molar-refractivity contribution in [2.24, 2.45) is 0 Å². The molecule has 90 valence electrons. The van der Waals surface area contributed by atoms with Gasteiger partial charge < -0.3 is 20.6 Å². The lowest BCUT2D eigenvalue weighted by molar-refractivity contribution is -0.156. The lowest BCUT2D eigenvalue weighted by Crippen LogP contribution is -2.57. The first-order valence-corrected chi connectivity index (χ1v) is 3.99. The van der Waals surface area contributed by atoms with Gasteiger partial charge in [-0.2, -0.15) is 13.2 Å². The van der Waals surface area contributed by atoms with E-state index in [0.717, 1.165) is 0 Å². The number of aliphatic hydroxyl groups is 3. The molecule has 5 nitrogen and oxygen atoms in total. The van der Waals surface area contributed by atoms with Crippen LogP contribution in [0.15, 0.2) is 0 Å². The van der Waals surface area contributed by atoms with Crippen LogP contribution < -0.4 is 5.32 Å². The predicted octanol–water partition coefficient (Wildman–Crippen LogP) is -1.23. The van der Waals surface area contributed by atoms with E-state index in [1.807, 2.05) is 0 Å². The van der Waals surface area contributed by atoms with Crippen molar-refractivity contribution in [1.82, 2.24) is 5.32 Å². The summed E-state index contributed by atoms with van der Waals surface area (Å²) in [6, 6.07) is 0. The molecular weight excluding hydrogens is 219 g/mol. The summed E-state index contributed by atoms with van der Waals surface area (Å²) in [6.45, 7) is -2.57. The fraction of sp³-hybridized carbons (Fsp3) is 0.857. The van der Waals surface area contributed by atoms with E-state index >= 15 is 0 Å². The highest BCUT2D eigenvalue weighted by molar-refractivity contribution is 5.77. The molecule has 0 heterocycles. The van der Waals surface area contributed by atoms with E-state index in [1.54, 1.807) is 5.32 Å². The number of hydrogen-bond acceptors (Lipinski definition) is 4. The molecule has 0 aromatic heterocycles. The minimum Gasteiger partial charge on any atom is -0.394 e. The summed E-state index contributed by atoms with van der Waals surface area (Å²) in [6.07, 6.45) is -6.40. The van der Waals surface area contributed by atoms with Crippen LogP contribution in [0.2, 0.25) is 0 Å². The van der Waals surface area contributed by atoms with Crippen LogP contribution >= 0.6 is 0 Å². The summed E-state index contributed by atoms with van der Waals surface area (Å²) in [5.41, 5.74) is -1.82. The summed E-state index contributed by atoms with van der Waals surface area (Å²) in [5.74, 6) is -1.42. The molecule has 0 fully saturated rings. The van der Waals surface area contributed by atoms with Gasteiger partial charge in [0.15, 0.2) is 0 Å². The number of carbonyl (C=O) groups is 1. The maximum Gasteiger partial charge on any atom is 0.397 e. The Labute approximate surface area is 83.5 Å². The Balaban J connectivity index is 4.36. The van der Waals surface area contributed by atoms with Gasteiger partial charge in [-0.3, -0.25) is 4.79 Å². The zero-order valence-corrected chi connectivity index (χ0v) is 7.71. The fourth-order valence-electron chi connectivity index (χ4n) is 0.791. The zero-order valence-electron chi connectivity index (χ0n) is 7.71. The van der Waals surface area contributed by atoms with Gasteiger partial charge in [0.1, 0.15) is 12.0 Å². The van der Waals surface area contributed by atoms with Gasteiger partial charge in [-0.1, -0.05) is 0 Å². The van der Waals surface area contributed by atoms with Crippen LogP contribution in [0.5, 0.6) is 0 Å². The van der Waals surface area contributed by atoms with Gasteiger partial charge in [0.05, 0.1) is 19.8 Å². The lowest BCUT2D eigenvalue weighted by Gasteiger charge is -2.28. The fourth-order valence-corrected chi connectivity index (χ4v) is 0.791. The second kappa shape index (κ2) is 5.29. The summed E-state index contributed by atoms with van der Waals surface area (Å²) in [7, 11) is 0. The smallest absolute Gasteiger partial charge is 0.394 e. The standard InChI is InChI=1S/C7H12F3NO4/c8-7(9,10)1-5(15)11-6(2-12,3-13)4-14/h12-14H,1-4H2,(H,11,15). The van der Waals surface area contributed by atoms with E-state index in [4.69, 9.17) is 15.3 Å². The average molecular weight is 231 g/mol. The molecule has 0 saturated carbocycles. The third kappa shape index (κ3) is 4.96. The largest absolute Gasteiger partial charge is 0.397 e. The normalized spacial score (nSPS) is 12.7. The van der Waals surface area contributed by atoms with Crippen LogP contribution in [0.4, 0.5) is 13.2 Å². The summed E-state index contributed by atoms with van der Waals surface area (Å²) >= 11 is 0. The molecular formula is C7H12F3NO4. The van der Waals surface area contributed by atoms with E-state index in [1.165, 1.54) is 0 Å². The number of alkyl halides is 3. The average Bonchev–Trinajstić information content (AvgIpc) is 2.11. The van der Waals surface area contributed by atoms with Crippen molar-refractivity contribution in [1.29, 1.82) is 0 Å².